The number of fused-ring (bicyclic) bond motifs is 1. The van der Waals surface area contributed by atoms with Gasteiger partial charge in [-0.25, -0.2) is 4.98 Å². The second-order valence-electron chi connectivity index (χ2n) is 6.57. The minimum absolute atomic E-state index is 0.0124. The number of carboxylic acid groups (broad SMARTS) is 1. The molecule has 112 valence electrons. The van der Waals surface area contributed by atoms with E-state index in [1.165, 1.54) is 0 Å². The van der Waals surface area contributed by atoms with Crippen LogP contribution < -0.4 is 5.32 Å². The normalized spacial score (nSPS) is 13.1. The zero-order chi connectivity index (χ0) is 15.5. The van der Waals surface area contributed by atoms with Crippen molar-refractivity contribution in [1.29, 1.82) is 0 Å². The first-order valence-corrected chi connectivity index (χ1v) is 7.18. The lowest BCUT2D eigenvalue weighted by atomic mass is 9.84. The number of benzene rings is 1. The number of rotatable bonds is 5. The van der Waals surface area contributed by atoms with Crippen molar-refractivity contribution >= 4 is 22.7 Å². The van der Waals surface area contributed by atoms with Crippen molar-refractivity contribution in [3.63, 3.8) is 0 Å². The Hall–Kier alpha value is -2.10. The third-order valence-corrected chi connectivity index (χ3v) is 3.34. The van der Waals surface area contributed by atoms with Crippen LogP contribution in [0, 0.1) is 11.3 Å². The summed E-state index contributed by atoms with van der Waals surface area (Å²) in [6.07, 6.45) is 0.628. The SMILES string of the molecule is CC(C)(C)CC(CNc1ccc2ccccc2n1)C(=O)O. The highest BCUT2D eigenvalue weighted by molar-refractivity contribution is 5.80. The van der Waals surface area contributed by atoms with Gasteiger partial charge in [-0.3, -0.25) is 4.79 Å². The molecule has 0 aliphatic carbocycles. The van der Waals surface area contributed by atoms with Crippen LogP contribution >= 0.6 is 0 Å². The predicted molar refractivity (Wildman–Crippen MR) is 85.4 cm³/mol. The average molecular weight is 286 g/mol. The molecule has 0 fully saturated rings. The molecule has 0 saturated carbocycles. The topological polar surface area (TPSA) is 62.2 Å². The van der Waals surface area contributed by atoms with Gasteiger partial charge in [0.2, 0.25) is 0 Å². The minimum Gasteiger partial charge on any atom is -0.481 e. The Balaban J connectivity index is 2.06. The van der Waals surface area contributed by atoms with Crippen LogP contribution in [0.2, 0.25) is 0 Å². The van der Waals surface area contributed by atoms with Gasteiger partial charge in [0, 0.05) is 11.9 Å². The average Bonchev–Trinajstić information content (AvgIpc) is 2.41. The maximum Gasteiger partial charge on any atom is 0.308 e. The zero-order valence-corrected chi connectivity index (χ0v) is 12.8. The number of para-hydroxylation sites is 1. The molecule has 0 bridgehead atoms. The molecule has 0 amide bonds. The number of nitrogens with zero attached hydrogens (tertiary/aromatic N) is 1. The highest BCUT2D eigenvalue weighted by Crippen LogP contribution is 2.25. The van der Waals surface area contributed by atoms with Crippen LogP contribution in [0.15, 0.2) is 36.4 Å². The summed E-state index contributed by atoms with van der Waals surface area (Å²) < 4.78 is 0. The van der Waals surface area contributed by atoms with Crippen molar-refractivity contribution in [2.24, 2.45) is 11.3 Å². The van der Waals surface area contributed by atoms with Crippen molar-refractivity contribution in [1.82, 2.24) is 4.98 Å². The van der Waals surface area contributed by atoms with E-state index in [-0.39, 0.29) is 5.41 Å². The number of aliphatic carboxylic acids is 1. The number of hydrogen-bond acceptors (Lipinski definition) is 3. The quantitative estimate of drug-likeness (QED) is 0.878. The third kappa shape index (κ3) is 4.45. The molecule has 1 aromatic carbocycles. The van der Waals surface area contributed by atoms with Crippen molar-refractivity contribution in [2.75, 3.05) is 11.9 Å². The van der Waals surface area contributed by atoms with Crippen molar-refractivity contribution in [3.8, 4) is 0 Å². The van der Waals surface area contributed by atoms with Crippen LogP contribution in [0.3, 0.4) is 0 Å². The van der Waals surface area contributed by atoms with Gasteiger partial charge in [-0.05, 0) is 30.0 Å². The molecule has 0 saturated heterocycles. The summed E-state index contributed by atoms with van der Waals surface area (Å²) in [4.78, 5) is 15.8. The highest BCUT2D eigenvalue weighted by atomic mass is 16.4. The van der Waals surface area contributed by atoms with Crippen molar-refractivity contribution in [2.45, 2.75) is 27.2 Å². The first kappa shape index (κ1) is 15.3. The van der Waals surface area contributed by atoms with Crippen molar-refractivity contribution in [3.05, 3.63) is 36.4 Å². The second kappa shape index (κ2) is 6.12. The van der Waals surface area contributed by atoms with E-state index in [0.717, 1.165) is 10.9 Å². The largest absolute Gasteiger partial charge is 0.481 e. The molecule has 1 heterocycles. The fourth-order valence-corrected chi connectivity index (χ4v) is 2.38. The van der Waals surface area contributed by atoms with Gasteiger partial charge >= 0.3 is 5.97 Å². The smallest absolute Gasteiger partial charge is 0.308 e. The van der Waals surface area contributed by atoms with E-state index in [2.05, 4.69) is 31.1 Å². The molecule has 0 radical (unpaired) electrons. The molecule has 1 aromatic heterocycles. The van der Waals surface area contributed by atoms with Crippen LogP contribution in [0.4, 0.5) is 5.82 Å². The van der Waals surface area contributed by atoms with E-state index in [1.807, 2.05) is 36.4 Å². The summed E-state index contributed by atoms with van der Waals surface area (Å²) in [5.74, 6) is -0.467. The second-order valence-corrected chi connectivity index (χ2v) is 6.57. The predicted octanol–water partition coefficient (Wildman–Crippen LogP) is 3.78. The van der Waals surface area contributed by atoms with E-state index >= 15 is 0 Å². The van der Waals surface area contributed by atoms with Gasteiger partial charge in [0.1, 0.15) is 5.82 Å². The Kier molecular flexibility index (Phi) is 4.46. The fourth-order valence-electron chi connectivity index (χ4n) is 2.38. The molecule has 0 spiro atoms. The summed E-state index contributed by atoms with van der Waals surface area (Å²) >= 11 is 0. The van der Waals surface area contributed by atoms with Gasteiger partial charge in [0.15, 0.2) is 0 Å². The van der Waals surface area contributed by atoms with E-state index in [1.54, 1.807) is 0 Å². The van der Waals surface area contributed by atoms with E-state index < -0.39 is 11.9 Å². The third-order valence-electron chi connectivity index (χ3n) is 3.34. The Morgan fingerprint density at radius 1 is 1.24 bits per heavy atom. The summed E-state index contributed by atoms with van der Waals surface area (Å²) in [7, 11) is 0. The molecule has 21 heavy (non-hydrogen) atoms. The van der Waals surface area contributed by atoms with Crippen LogP contribution in [-0.4, -0.2) is 22.6 Å². The van der Waals surface area contributed by atoms with Gasteiger partial charge in [0.25, 0.3) is 0 Å². The van der Waals surface area contributed by atoms with Gasteiger partial charge in [-0.2, -0.15) is 0 Å². The lowest BCUT2D eigenvalue weighted by Crippen LogP contribution is -2.27. The molecule has 0 aliphatic rings. The minimum atomic E-state index is -0.766. The highest BCUT2D eigenvalue weighted by Gasteiger charge is 2.24. The maximum absolute atomic E-state index is 11.4. The van der Waals surface area contributed by atoms with Crippen LogP contribution in [-0.2, 0) is 4.79 Å². The molecular formula is C17H22N2O2. The number of hydrogen-bond donors (Lipinski definition) is 2. The number of carbonyl (C=O) groups is 1. The fraction of sp³-hybridized carbons (Fsp3) is 0.412. The molecule has 2 aromatic rings. The number of aromatic nitrogens is 1. The monoisotopic (exact) mass is 286 g/mol. The van der Waals surface area contributed by atoms with Crippen LogP contribution in [0.1, 0.15) is 27.2 Å². The van der Waals surface area contributed by atoms with Crippen LogP contribution in [0.5, 0.6) is 0 Å². The molecule has 2 rings (SSSR count). The summed E-state index contributed by atoms with van der Waals surface area (Å²) in [5, 5.41) is 13.6. The summed E-state index contributed by atoms with van der Waals surface area (Å²) in [6, 6.07) is 11.7. The van der Waals surface area contributed by atoms with Gasteiger partial charge < -0.3 is 10.4 Å². The lowest BCUT2D eigenvalue weighted by molar-refractivity contribution is -0.142. The first-order chi connectivity index (χ1) is 9.85. The Morgan fingerprint density at radius 3 is 2.62 bits per heavy atom. The Labute approximate surface area is 125 Å². The number of pyridine rings is 1. The maximum atomic E-state index is 11.4. The molecule has 2 N–H and O–H groups in total. The number of anilines is 1. The molecule has 4 heteroatoms. The number of nitrogens with one attached hydrogen (secondary N) is 1. The standard InChI is InChI=1S/C17H22N2O2/c1-17(2,3)10-13(16(20)21)11-18-15-9-8-12-6-4-5-7-14(12)19-15/h4-9,13H,10-11H2,1-3H3,(H,18,19)(H,20,21). The van der Waals surface area contributed by atoms with E-state index in [4.69, 9.17) is 0 Å². The molecule has 4 nitrogen and oxygen atoms in total. The number of carboxylic acids is 1. The Bertz CT molecular complexity index is 632. The van der Waals surface area contributed by atoms with Gasteiger partial charge in [-0.1, -0.05) is 39.0 Å². The van der Waals surface area contributed by atoms with Crippen LogP contribution in [0.25, 0.3) is 10.9 Å². The molecule has 0 aliphatic heterocycles. The first-order valence-electron chi connectivity index (χ1n) is 7.18. The van der Waals surface area contributed by atoms with Crippen molar-refractivity contribution < 1.29 is 9.90 Å². The molecule has 1 unspecified atom stereocenters. The Morgan fingerprint density at radius 2 is 1.95 bits per heavy atom. The van der Waals surface area contributed by atoms with E-state index in [0.29, 0.717) is 18.8 Å². The van der Waals surface area contributed by atoms with E-state index in [9.17, 15) is 9.90 Å². The lowest BCUT2D eigenvalue weighted by Gasteiger charge is -2.23. The van der Waals surface area contributed by atoms with Gasteiger partial charge in [-0.15, -0.1) is 0 Å². The zero-order valence-electron chi connectivity index (χ0n) is 12.8. The summed E-state index contributed by atoms with van der Waals surface area (Å²) in [6.45, 7) is 6.55. The van der Waals surface area contributed by atoms with Gasteiger partial charge in [0.05, 0.1) is 11.4 Å². The summed E-state index contributed by atoms with van der Waals surface area (Å²) in [5.41, 5.74) is 0.895. The molecule has 1 atom stereocenters. The molecular weight excluding hydrogens is 264 g/mol.